The van der Waals surface area contributed by atoms with Crippen molar-refractivity contribution in [1.29, 1.82) is 0 Å². The highest BCUT2D eigenvalue weighted by Crippen LogP contribution is 2.58. The lowest BCUT2D eigenvalue weighted by atomic mass is 9.64. The summed E-state index contributed by atoms with van der Waals surface area (Å²) in [6.45, 7) is 9.41. The van der Waals surface area contributed by atoms with Crippen LogP contribution in [0.25, 0.3) is 6.08 Å². The second kappa shape index (κ2) is 8.00. The lowest BCUT2D eigenvalue weighted by molar-refractivity contribution is -0.117. The maximum atomic E-state index is 12.6. The summed E-state index contributed by atoms with van der Waals surface area (Å²) in [5.41, 5.74) is 11.3. The molecule has 0 amide bonds. The largest absolute Gasteiger partial charge is 0.489 e. The van der Waals surface area contributed by atoms with Crippen molar-refractivity contribution in [2.45, 2.75) is 45.6 Å². The van der Waals surface area contributed by atoms with Crippen LogP contribution in [-0.2, 0) is 9.53 Å². The van der Waals surface area contributed by atoms with Gasteiger partial charge in [0.25, 0.3) is 0 Å². The molecule has 32 heavy (non-hydrogen) atoms. The number of carbonyl (C=O) groups excluding carboxylic acids is 1. The first-order chi connectivity index (χ1) is 15.4. The summed E-state index contributed by atoms with van der Waals surface area (Å²) in [5.74, 6) is 1.97. The van der Waals surface area contributed by atoms with Crippen molar-refractivity contribution in [3.05, 3.63) is 82.9 Å². The standard InChI is InChI=1S/C28H32N2O2/c1-17(4-5-20-9-11-30-16-18(20)2)23-6-7-24-27-21(8-10-28(23,24)3)14-22-25(31)12-19(15-29)13-26(22)32-27/h4-5,8-11,14,16,19,23-24,27H,1,6-7,12-13,15,29H2,2-3H3/b5-4-/t19?,23-,24+,27-,28-/m1/s1. The molecule has 2 N–H and O–H groups in total. The molecule has 166 valence electrons. The van der Waals surface area contributed by atoms with Crippen molar-refractivity contribution >= 4 is 11.9 Å². The number of ether oxygens (including phenoxy) is 1. The summed E-state index contributed by atoms with van der Waals surface area (Å²) in [7, 11) is 0. The quantitative estimate of drug-likeness (QED) is 0.679. The molecule has 5 atom stereocenters. The second-order valence-corrected chi connectivity index (χ2v) is 10.0. The maximum Gasteiger partial charge on any atom is 0.166 e. The minimum absolute atomic E-state index is 0.0114. The molecule has 1 aliphatic heterocycles. The first-order valence-corrected chi connectivity index (χ1v) is 11.7. The number of hydrogen-bond donors (Lipinski definition) is 1. The third kappa shape index (κ3) is 3.41. The fourth-order valence-corrected chi connectivity index (χ4v) is 6.13. The first-order valence-electron chi connectivity index (χ1n) is 11.7. The zero-order valence-corrected chi connectivity index (χ0v) is 19.0. The summed E-state index contributed by atoms with van der Waals surface area (Å²) >= 11 is 0. The smallest absolute Gasteiger partial charge is 0.166 e. The van der Waals surface area contributed by atoms with Crippen LogP contribution in [0.2, 0.25) is 0 Å². The van der Waals surface area contributed by atoms with E-state index in [0.29, 0.717) is 24.8 Å². The van der Waals surface area contributed by atoms with E-state index in [1.165, 1.54) is 5.56 Å². The number of fused-ring (bicyclic) bond motifs is 3. The van der Waals surface area contributed by atoms with Gasteiger partial charge in [0.1, 0.15) is 11.9 Å². The minimum Gasteiger partial charge on any atom is -0.489 e. The van der Waals surface area contributed by atoms with Crippen molar-refractivity contribution in [2.24, 2.45) is 28.9 Å². The Kier molecular flexibility index (Phi) is 5.29. The molecule has 0 aromatic carbocycles. The number of nitrogens with zero attached hydrogens (tertiary/aromatic N) is 1. The van der Waals surface area contributed by atoms with Gasteiger partial charge in [0.15, 0.2) is 5.78 Å². The molecule has 1 aromatic heterocycles. The molecule has 1 fully saturated rings. The predicted octanol–water partition coefficient (Wildman–Crippen LogP) is 5.08. The highest BCUT2D eigenvalue weighted by atomic mass is 16.5. The molecule has 1 aromatic rings. The Morgan fingerprint density at radius 1 is 1.38 bits per heavy atom. The van der Waals surface area contributed by atoms with Gasteiger partial charge in [-0.05, 0) is 72.4 Å². The lowest BCUT2D eigenvalue weighted by Gasteiger charge is -2.45. The van der Waals surface area contributed by atoms with E-state index in [9.17, 15) is 4.79 Å². The van der Waals surface area contributed by atoms with Gasteiger partial charge in [-0.25, -0.2) is 0 Å². The van der Waals surface area contributed by atoms with Gasteiger partial charge < -0.3 is 10.5 Å². The van der Waals surface area contributed by atoms with Crippen LogP contribution in [0.3, 0.4) is 0 Å². The highest BCUT2D eigenvalue weighted by Gasteiger charge is 2.53. The normalized spacial score (nSPS) is 33.5. The first kappa shape index (κ1) is 21.1. The van der Waals surface area contributed by atoms with Crippen molar-refractivity contribution in [1.82, 2.24) is 4.98 Å². The van der Waals surface area contributed by atoms with Crippen LogP contribution in [-0.4, -0.2) is 23.4 Å². The summed E-state index contributed by atoms with van der Waals surface area (Å²) in [4.78, 5) is 16.8. The van der Waals surface area contributed by atoms with E-state index in [2.05, 4.69) is 55.8 Å². The van der Waals surface area contributed by atoms with E-state index in [4.69, 9.17) is 10.5 Å². The predicted molar refractivity (Wildman–Crippen MR) is 127 cm³/mol. The summed E-state index contributed by atoms with van der Waals surface area (Å²) in [6, 6.07) is 2.04. The number of aromatic nitrogens is 1. The van der Waals surface area contributed by atoms with Gasteiger partial charge in [0, 0.05) is 31.2 Å². The lowest BCUT2D eigenvalue weighted by Crippen LogP contribution is -2.42. The molecule has 5 rings (SSSR count). The maximum absolute atomic E-state index is 12.6. The van der Waals surface area contributed by atoms with E-state index < -0.39 is 0 Å². The Morgan fingerprint density at radius 2 is 2.22 bits per heavy atom. The van der Waals surface area contributed by atoms with E-state index in [1.54, 1.807) is 0 Å². The van der Waals surface area contributed by atoms with Crippen molar-refractivity contribution in [2.75, 3.05) is 6.54 Å². The fourth-order valence-electron chi connectivity index (χ4n) is 6.13. The number of aryl methyl sites for hydroxylation is 1. The van der Waals surface area contributed by atoms with Crippen LogP contribution in [0, 0.1) is 30.1 Å². The van der Waals surface area contributed by atoms with Gasteiger partial charge in [-0.15, -0.1) is 0 Å². The Balaban J connectivity index is 1.39. The van der Waals surface area contributed by atoms with E-state index in [1.807, 2.05) is 18.5 Å². The van der Waals surface area contributed by atoms with Crippen LogP contribution in [0.1, 0.15) is 43.7 Å². The van der Waals surface area contributed by atoms with Gasteiger partial charge in [-0.3, -0.25) is 9.78 Å². The fraction of sp³-hybridized carbons (Fsp3) is 0.429. The summed E-state index contributed by atoms with van der Waals surface area (Å²) < 4.78 is 6.58. The average Bonchev–Trinajstić information content (AvgIpc) is 3.15. The molecule has 0 bridgehead atoms. The molecule has 1 saturated carbocycles. The van der Waals surface area contributed by atoms with Crippen molar-refractivity contribution < 1.29 is 9.53 Å². The zero-order valence-electron chi connectivity index (χ0n) is 19.0. The Labute approximate surface area is 190 Å². The molecule has 3 aliphatic carbocycles. The molecule has 0 radical (unpaired) electrons. The van der Waals surface area contributed by atoms with Crippen LogP contribution in [0.4, 0.5) is 0 Å². The molecule has 1 unspecified atom stereocenters. The van der Waals surface area contributed by atoms with Crippen molar-refractivity contribution in [3.63, 3.8) is 0 Å². The van der Waals surface area contributed by atoms with Gasteiger partial charge in [0.2, 0.25) is 0 Å². The number of hydrogen-bond acceptors (Lipinski definition) is 4. The number of nitrogens with two attached hydrogens (primary N) is 1. The number of carbonyl (C=O) groups is 1. The average molecular weight is 429 g/mol. The van der Waals surface area contributed by atoms with Crippen LogP contribution >= 0.6 is 0 Å². The second-order valence-electron chi connectivity index (χ2n) is 10.0. The number of rotatable bonds is 4. The monoisotopic (exact) mass is 428 g/mol. The number of allylic oxidation sites excluding steroid dienone is 6. The van der Waals surface area contributed by atoms with E-state index in [0.717, 1.165) is 47.3 Å². The molecule has 0 saturated heterocycles. The minimum atomic E-state index is -0.0132. The molecular formula is C28H32N2O2. The van der Waals surface area contributed by atoms with Crippen molar-refractivity contribution in [3.8, 4) is 0 Å². The Morgan fingerprint density at radius 3 is 3.00 bits per heavy atom. The van der Waals surface area contributed by atoms with Gasteiger partial charge in [-0.1, -0.05) is 43.4 Å². The Hall–Kier alpha value is -2.72. The molecule has 4 aliphatic rings. The van der Waals surface area contributed by atoms with Crippen LogP contribution < -0.4 is 5.73 Å². The topological polar surface area (TPSA) is 65.2 Å². The SMILES string of the molecule is C=C(/C=C\c1ccncc1C)[C@H]1CC[C@H]2[C@@H]3OC4=C(C=C3C=C[C@]12C)C(=O)CC(CN)C4. The number of pyridine rings is 1. The van der Waals surface area contributed by atoms with Gasteiger partial charge in [0.05, 0.1) is 5.57 Å². The van der Waals surface area contributed by atoms with Gasteiger partial charge in [-0.2, -0.15) is 0 Å². The number of ketones is 1. The molecule has 4 heteroatoms. The third-order valence-electron chi connectivity index (χ3n) is 8.10. The zero-order chi connectivity index (χ0) is 22.5. The molecule has 0 spiro atoms. The molecule has 2 heterocycles. The van der Waals surface area contributed by atoms with Crippen LogP contribution in [0.5, 0.6) is 0 Å². The summed E-state index contributed by atoms with van der Waals surface area (Å²) in [6.07, 6.45) is 18.2. The molecule has 4 nitrogen and oxygen atoms in total. The summed E-state index contributed by atoms with van der Waals surface area (Å²) in [5, 5.41) is 0. The van der Waals surface area contributed by atoms with E-state index in [-0.39, 0.29) is 23.2 Å². The third-order valence-corrected chi connectivity index (χ3v) is 8.10. The Bertz CT molecular complexity index is 1090. The number of Topliss-reactive ketones (excluding diaryl/α,β-unsaturated/α-hetero) is 1. The van der Waals surface area contributed by atoms with Gasteiger partial charge >= 0.3 is 0 Å². The molecular weight excluding hydrogens is 396 g/mol. The highest BCUT2D eigenvalue weighted by molar-refractivity contribution is 6.00. The van der Waals surface area contributed by atoms with Crippen LogP contribution in [0.15, 0.2) is 71.8 Å². The van der Waals surface area contributed by atoms with E-state index >= 15 is 0 Å².